The first-order chi connectivity index (χ1) is 9.36. The van der Waals surface area contributed by atoms with Crippen LogP contribution in [0.4, 0.5) is 5.82 Å². The van der Waals surface area contributed by atoms with Crippen molar-refractivity contribution < 1.29 is 0 Å². The van der Waals surface area contributed by atoms with Crippen molar-refractivity contribution in [3.05, 3.63) is 35.9 Å². The first kappa shape index (κ1) is 12.3. The molecular formula is C15H15N3S. The van der Waals surface area contributed by atoms with Crippen LogP contribution in [0, 0.1) is 11.3 Å². The minimum Gasteiger partial charge on any atom is -0.368 e. The van der Waals surface area contributed by atoms with Crippen molar-refractivity contribution in [3.63, 3.8) is 0 Å². The van der Waals surface area contributed by atoms with Crippen molar-refractivity contribution in [1.29, 1.82) is 5.26 Å². The van der Waals surface area contributed by atoms with Crippen LogP contribution in [0.3, 0.4) is 0 Å². The molecule has 0 saturated carbocycles. The van der Waals surface area contributed by atoms with E-state index in [1.807, 2.05) is 42.1 Å². The fourth-order valence-electron chi connectivity index (χ4n) is 2.35. The number of benzene rings is 1. The van der Waals surface area contributed by atoms with Gasteiger partial charge in [-0.05, 0) is 30.7 Å². The van der Waals surface area contributed by atoms with Crippen LogP contribution in [0.2, 0.25) is 0 Å². The van der Waals surface area contributed by atoms with E-state index in [2.05, 4.69) is 16.4 Å². The molecule has 1 aliphatic rings. The van der Waals surface area contributed by atoms with Crippen LogP contribution in [-0.2, 0) is 0 Å². The molecule has 3 nitrogen and oxygen atoms in total. The molecule has 0 spiro atoms. The van der Waals surface area contributed by atoms with Gasteiger partial charge in [0.1, 0.15) is 11.9 Å². The number of aromatic nitrogens is 1. The average Bonchev–Trinajstić information content (AvgIpc) is 2.97. The summed E-state index contributed by atoms with van der Waals surface area (Å²) in [6, 6.07) is 12.0. The van der Waals surface area contributed by atoms with Gasteiger partial charge in [-0.15, -0.1) is 0 Å². The summed E-state index contributed by atoms with van der Waals surface area (Å²) >= 11 is 2.01. The summed E-state index contributed by atoms with van der Waals surface area (Å²) in [5.74, 6) is 1.97. The number of hydrogen-bond donors (Lipinski definition) is 1. The molecule has 0 bridgehead atoms. The summed E-state index contributed by atoms with van der Waals surface area (Å²) in [5, 5.41) is 14.2. The van der Waals surface area contributed by atoms with Crippen LogP contribution in [0.25, 0.3) is 10.9 Å². The molecule has 1 aromatic heterocycles. The Morgan fingerprint density at radius 3 is 3.11 bits per heavy atom. The van der Waals surface area contributed by atoms with E-state index in [4.69, 9.17) is 0 Å². The van der Waals surface area contributed by atoms with E-state index in [1.165, 1.54) is 18.6 Å². The first-order valence-corrected chi connectivity index (χ1v) is 7.57. The van der Waals surface area contributed by atoms with E-state index < -0.39 is 0 Å². The number of thioether (sulfide) groups is 1. The number of fused-ring (bicyclic) bond motifs is 1. The van der Waals surface area contributed by atoms with E-state index in [1.54, 1.807) is 0 Å². The largest absolute Gasteiger partial charge is 0.368 e. The normalized spacial score (nSPS) is 18.4. The van der Waals surface area contributed by atoms with Gasteiger partial charge in [0, 0.05) is 17.2 Å². The summed E-state index contributed by atoms with van der Waals surface area (Å²) < 4.78 is 0. The standard InChI is InChI=1S/C15H15N3S/c16-9-12-8-11-4-1-2-6-14(11)18-15(12)17-10-13-5-3-7-19-13/h1-2,4,6,8,13H,3,5,7,10H2,(H,17,18). The zero-order valence-corrected chi connectivity index (χ0v) is 11.4. The Hall–Kier alpha value is -1.73. The van der Waals surface area contributed by atoms with Gasteiger partial charge in [0.2, 0.25) is 0 Å². The SMILES string of the molecule is N#Cc1cc2ccccc2nc1NCC1CCCS1. The molecule has 19 heavy (non-hydrogen) atoms. The maximum absolute atomic E-state index is 9.23. The van der Waals surface area contributed by atoms with Crippen LogP contribution in [0.15, 0.2) is 30.3 Å². The molecule has 0 aliphatic carbocycles. The molecule has 1 unspecified atom stereocenters. The van der Waals surface area contributed by atoms with Gasteiger partial charge in [-0.3, -0.25) is 0 Å². The van der Waals surface area contributed by atoms with Crippen molar-refractivity contribution in [1.82, 2.24) is 4.98 Å². The number of pyridine rings is 1. The van der Waals surface area contributed by atoms with Crippen LogP contribution in [-0.4, -0.2) is 22.5 Å². The predicted molar refractivity (Wildman–Crippen MR) is 80.4 cm³/mol. The Balaban J connectivity index is 1.86. The quantitative estimate of drug-likeness (QED) is 0.927. The van der Waals surface area contributed by atoms with Crippen molar-refractivity contribution in [2.45, 2.75) is 18.1 Å². The molecule has 1 atom stereocenters. The van der Waals surface area contributed by atoms with Crippen LogP contribution in [0.5, 0.6) is 0 Å². The molecule has 1 fully saturated rings. The Morgan fingerprint density at radius 2 is 2.32 bits per heavy atom. The third kappa shape index (κ3) is 2.66. The van der Waals surface area contributed by atoms with Crippen molar-refractivity contribution in [2.24, 2.45) is 0 Å². The Bertz CT molecular complexity index is 627. The molecule has 0 radical (unpaired) electrons. The second-order valence-corrected chi connectivity index (χ2v) is 6.11. The maximum Gasteiger partial charge on any atom is 0.144 e. The monoisotopic (exact) mass is 269 g/mol. The third-order valence-corrected chi connectivity index (χ3v) is 4.76. The lowest BCUT2D eigenvalue weighted by Crippen LogP contribution is -2.15. The maximum atomic E-state index is 9.23. The molecule has 2 aromatic rings. The summed E-state index contributed by atoms with van der Waals surface area (Å²) in [7, 11) is 0. The molecule has 96 valence electrons. The zero-order chi connectivity index (χ0) is 13.1. The average molecular weight is 269 g/mol. The number of nitrogens with one attached hydrogen (secondary N) is 1. The van der Waals surface area contributed by atoms with Crippen molar-refractivity contribution >= 4 is 28.5 Å². The van der Waals surface area contributed by atoms with Gasteiger partial charge < -0.3 is 5.32 Å². The summed E-state index contributed by atoms with van der Waals surface area (Å²) in [6.07, 6.45) is 2.56. The van der Waals surface area contributed by atoms with E-state index >= 15 is 0 Å². The predicted octanol–water partition coefficient (Wildman–Crippen LogP) is 3.41. The number of para-hydroxylation sites is 1. The third-order valence-electron chi connectivity index (χ3n) is 3.37. The number of anilines is 1. The minimum atomic E-state index is 0.627. The molecular weight excluding hydrogens is 254 g/mol. The van der Waals surface area contributed by atoms with Gasteiger partial charge in [-0.25, -0.2) is 4.98 Å². The van der Waals surface area contributed by atoms with Gasteiger partial charge in [-0.2, -0.15) is 17.0 Å². The highest BCUT2D eigenvalue weighted by Crippen LogP contribution is 2.27. The van der Waals surface area contributed by atoms with Gasteiger partial charge >= 0.3 is 0 Å². The minimum absolute atomic E-state index is 0.627. The number of nitriles is 1. The van der Waals surface area contributed by atoms with E-state index in [0.717, 1.165) is 17.4 Å². The lowest BCUT2D eigenvalue weighted by Gasteiger charge is -2.12. The topological polar surface area (TPSA) is 48.7 Å². The van der Waals surface area contributed by atoms with Crippen LogP contribution < -0.4 is 5.32 Å². The Labute approximate surface area is 117 Å². The Kier molecular flexibility index (Phi) is 3.56. The smallest absolute Gasteiger partial charge is 0.144 e. The molecule has 4 heteroatoms. The van der Waals surface area contributed by atoms with Crippen LogP contribution >= 0.6 is 11.8 Å². The molecule has 1 N–H and O–H groups in total. The lowest BCUT2D eigenvalue weighted by molar-refractivity contribution is 0.803. The lowest BCUT2D eigenvalue weighted by atomic mass is 10.1. The van der Waals surface area contributed by atoms with Gasteiger partial charge in [-0.1, -0.05) is 18.2 Å². The van der Waals surface area contributed by atoms with Crippen LogP contribution in [0.1, 0.15) is 18.4 Å². The summed E-state index contributed by atoms with van der Waals surface area (Å²) in [6.45, 7) is 0.894. The number of hydrogen-bond acceptors (Lipinski definition) is 4. The second-order valence-electron chi connectivity index (χ2n) is 4.70. The second kappa shape index (κ2) is 5.50. The van der Waals surface area contributed by atoms with E-state index in [0.29, 0.717) is 16.6 Å². The zero-order valence-electron chi connectivity index (χ0n) is 10.6. The first-order valence-electron chi connectivity index (χ1n) is 6.52. The van der Waals surface area contributed by atoms with E-state index in [9.17, 15) is 5.26 Å². The molecule has 1 aliphatic heterocycles. The highest BCUT2D eigenvalue weighted by atomic mass is 32.2. The fraction of sp³-hybridized carbons (Fsp3) is 0.333. The van der Waals surface area contributed by atoms with Crippen molar-refractivity contribution in [2.75, 3.05) is 17.6 Å². The fourth-order valence-corrected chi connectivity index (χ4v) is 3.55. The molecule has 3 rings (SSSR count). The van der Waals surface area contributed by atoms with Gasteiger partial charge in [0.15, 0.2) is 0 Å². The highest BCUT2D eigenvalue weighted by Gasteiger charge is 2.16. The highest BCUT2D eigenvalue weighted by molar-refractivity contribution is 8.00. The molecule has 2 heterocycles. The molecule has 1 aromatic carbocycles. The van der Waals surface area contributed by atoms with Crippen molar-refractivity contribution in [3.8, 4) is 6.07 Å². The number of nitrogens with zero attached hydrogens (tertiary/aromatic N) is 2. The molecule has 1 saturated heterocycles. The summed E-state index contributed by atoms with van der Waals surface area (Å²) in [4.78, 5) is 4.56. The number of rotatable bonds is 3. The van der Waals surface area contributed by atoms with Gasteiger partial charge in [0.05, 0.1) is 11.1 Å². The van der Waals surface area contributed by atoms with E-state index in [-0.39, 0.29) is 0 Å². The Morgan fingerprint density at radius 1 is 1.42 bits per heavy atom. The molecule has 0 amide bonds. The summed E-state index contributed by atoms with van der Waals surface area (Å²) in [5.41, 5.74) is 1.56. The van der Waals surface area contributed by atoms with Gasteiger partial charge in [0.25, 0.3) is 0 Å².